The third-order valence-corrected chi connectivity index (χ3v) is 4.24. The number of alkyl halides is 1. The third-order valence-electron chi connectivity index (χ3n) is 2.89. The number of carbonyl (C=O) groups is 1. The van der Waals surface area contributed by atoms with E-state index >= 15 is 0 Å². The van der Waals surface area contributed by atoms with Crippen molar-refractivity contribution in [1.29, 1.82) is 0 Å². The Labute approximate surface area is 109 Å². The van der Waals surface area contributed by atoms with E-state index in [0.717, 1.165) is 5.56 Å². The van der Waals surface area contributed by atoms with E-state index in [1.54, 1.807) is 6.07 Å². The summed E-state index contributed by atoms with van der Waals surface area (Å²) in [5, 5.41) is 0. The van der Waals surface area contributed by atoms with Crippen LogP contribution in [0.5, 0.6) is 0 Å². The molecule has 1 aliphatic rings. The Bertz CT molecular complexity index is 588. The molecule has 18 heavy (non-hydrogen) atoms. The number of hydrogen-bond donors (Lipinski definition) is 0. The molecule has 0 radical (unpaired) electrons. The molecule has 0 bridgehead atoms. The quantitative estimate of drug-likeness (QED) is 0.795. The minimum atomic E-state index is -3.86. The van der Waals surface area contributed by atoms with Crippen LogP contribution in [0.2, 0.25) is 0 Å². The molecule has 0 atom stereocenters. The average Bonchev–Trinajstić information content (AvgIpc) is 2.31. The first kappa shape index (κ1) is 13.3. The smallest absolute Gasteiger partial charge is 0.261 e. The highest BCUT2D eigenvalue weighted by molar-refractivity contribution is 8.13. The first-order chi connectivity index (χ1) is 8.43. The molecular weight excluding hydrogens is 281 g/mol. The Morgan fingerprint density at radius 3 is 2.72 bits per heavy atom. The largest absolute Gasteiger partial charge is 0.336 e. The maximum absolute atomic E-state index is 12.3. The van der Waals surface area contributed by atoms with Crippen LogP contribution in [-0.2, 0) is 15.5 Å². The molecule has 0 saturated heterocycles. The molecule has 98 valence electrons. The molecule has 1 heterocycles. The molecule has 1 amide bonds. The van der Waals surface area contributed by atoms with Gasteiger partial charge in [0.1, 0.15) is 6.67 Å². The summed E-state index contributed by atoms with van der Waals surface area (Å²) in [6.45, 7) is -0.145. The lowest BCUT2D eigenvalue weighted by atomic mass is 9.99. The molecule has 2 rings (SSSR count). The van der Waals surface area contributed by atoms with Gasteiger partial charge in [-0.25, -0.2) is 12.8 Å². The zero-order valence-electron chi connectivity index (χ0n) is 9.40. The zero-order valence-corrected chi connectivity index (χ0v) is 11.0. The number of halogens is 2. The van der Waals surface area contributed by atoms with Gasteiger partial charge in [-0.05, 0) is 24.1 Å². The second kappa shape index (κ2) is 4.85. The van der Waals surface area contributed by atoms with Crippen molar-refractivity contribution < 1.29 is 17.6 Å². The van der Waals surface area contributed by atoms with Crippen molar-refractivity contribution in [2.45, 2.75) is 11.3 Å². The number of benzene rings is 1. The predicted octanol–water partition coefficient (Wildman–Crippen LogP) is 1.58. The molecule has 0 unspecified atom stereocenters. The van der Waals surface area contributed by atoms with E-state index in [0.29, 0.717) is 13.0 Å². The Hall–Kier alpha value is -1.14. The van der Waals surface area contributed by atoms with Crippen molar-refractivity contribution in [3.05, 3.63) is 29.3 Å². The van der Waals surface area contributed by atoms with Crippen molar-refractivity contribution in [2.24, 2.45) is 0 Å². The highest BCUT2D eigenvalue weighted by atomic mass is 35.7. The van der Waals surface area contributed by atoms with E-state index in [-0.39, 0.29) is 22.9 Å². The third kappa shape index (κ3) is 2.49. The van der Waals surface area contributed by atoms with Crippen LogP contribution >= 0.6 is 10.7 Å². The fourth-order valence-electron chi connectivity index (χ4n) is 1.97. The van der Waals surface area contributed by atoms with Crippen LogP contribution in [0.1, 0.15) is 15.9 Å². The van der Waals surface area contributed by atoms with Crippen molar-refractivity contribution in [2.75, 3.05) is 19.8 Å². The Balaban J connectivity index is 2.43. The van der Waals surface area contributed by atoms with Gasteiger partial charge in [0.05, 0.1) is 4.90 Å². The molecule has 0 fully saturated rings. The maximum Gasteiger partial charge on any atom is 0.261 e. The summed E-state index contributed by atoms with van der Waals surface area (Å²) in [6, 6.07) is 4.21. The first-order valence-corrected chi connectivity index (χ1v) is 7.67. The van der Waals surface area contributed by atoms with Gasteiger partial charge >= 0.3 is 0 Å². The van der Waals surface area contributed by atoms with Crippen LogP contribution < -0.4 is 0 Å². The zero-order chi connectivity index (χ0) is 13.3. The van der Waals surface area contributed by atoms with E-state index in [1.165, 1.54) is 17.0 Å². The van der Waals surface area contributed by atoms with Crippen molar-refractivity contribution in [1.82, 2.24) is 4.90 Å². The Kier molecular flexibility index (Phi) is 3.59. The minimum absolute atomic E-state index is 0.0239. The van der Waals surface area contributed by atoms with E-state index < -0.39 is 15.7 Å². The fourth-order valence-corrected chi connectivity index (χ4v) is 2.74. The predicted molar refractivity (Wildman–Crippen MR) is 65.1 cm³/mol. The molecule has 4 nitrogen and oxygen atoms in total. The molecule has 1 aromatic carbocycles. The van der Waals surface area contributed by atoms with Crippen LogP contribution in [0.4, 0.5) is 4.39 Å². The SMILES string of the molecule is O=C1c2cc(S(=O)(=O)Cl)ccc2CCN1CCF. The summed E-state index contributed by atoms with van der Waals surface area (Å²) in [5.41, 5.74) is 1.05. The van der Waals surface area contributed by atoms with E-state index in [2.05, 4.69) is 0 Å². The normalized spacial score (nSPS) is 15.7. The van der Waals surface area contributed by atoms with Crippen LogP contribution in [0.15, 0.2) is 23.1 Å². The first-order valence-electron chi connectivity index (χ1n) is 5.36. The summed E-state index contributed by atoms with van der Waals surface area (Å²) < 4.78 is 34.7. The second-order valence-corrected chi connectivity index (χ2v) is 6.55. The molecule has 0 spiro atoms. The van der Waals surface area contributed by atoms with Crippen molar-refractivity contribution in [3.8, 4) is 0 Å². The topological polar surface area (TPSA) is 54.5 Å². The van der Waals surface area contributed by atoms with Gasteiger partial charge in [0, 0.05) is 29.3 Å². The lowest BCUT2D eigenvalue weighted by Gasteiger charge is -2.27. The van der Waals surface area contributed by atoms with Gasteiger partial charge in [-0.2, -0.15) is 0 Å². The standard InChI is InChI=1S/C11H11ClFNO3S/c12-18(16,17)9-2-1-8-3-5-14(6-4-13)11(15)10(8)7-9/h1-2,7H,3-6H2. The average molecular weight is 292 g/mol. The summed E-state index contributed by atoms with van der Waals surface area (Å²) in [4.78, 5) is 13.3. The van der Waals surface area contributed by atoms with Gasteiger partial charge in [-0.1, -0.05) is 6.07 Å². The van der Waals surface area contributed by atoms with Crippen LogP contribution in [0.3, 0.4) is 0 Å². The number of nitrogens with zero attached hydrogens (tertiary/aromatic N) is 1. The van der Waals surface area contributed by atoms with Crippen LogP contribution in [-0.4, -0.2) is 39.0 Å². The highest BCUT2D eigenvalue weighted by Gasteiger charge is 2.25. The van der Waals surface area contributed by atoms with Crippen LogP contribution in [0, 0.1) is 0 Å². The molecular formula is C11H11ClFNO3S. The van der Waals surface area contributed by atoms with Gasteiger partial charge in [-0.15, -0.1) is 0 Å². The molecule has 1 aliphatic heterocycles. The molecule has 0 N–H and O–H groups in total. The van der Waals surface area contributed by atoms with Crippen molar-refractivity contribution >= 4 is 25.6 Å². The van der Waals surface area contributed by atoms with Crippen molar-refractivity contribution in [3.63, 3.8) is 0 Å². The lowest BCUT2D eigenvalue weighted by Crippen LogP contribution is -2.38. The molecule has 7 heteroatoms. The fraction of sp³-hybridized carbons (Fsp3) is 0.364. The summed E-state index contributed by atoms with van der Waals surface area (Å²) in [5.74, 6) is -0.351. The van der Waals surface area contributed by atoms with Gasteiger partial charge in [0.25, 0.3) is 15.0 Å². The van der Waals surface area contributed by atoms with E-state index in [1.807, 2.05) is 0 Å². The van der Waals surface area contributed by atoms with Crippen LogP contribution in [0.25, 0.3) is 0 Å². The van der Waals surface area contributed by atoms with Gasteiger partial charge in [-0.3, -0.25) is 4.79 Å². The van der Waals surface area contributed by atoms with E-state index in [4.69, 9.17) is 10.7 Å². The second-order valence-electron chi connectivity index (χ2n) is 3.99. The maximum atomic E-state index is 12.3. The molecule has 0 aliphatic carbocycles. The molecule has 0 saturated carbocycles. The minimum Gasteiger partial charge on any atom is -0.336 e. The molecule has 1 aromatic rings. The van der Waals surface area contributed by atoms with E-state index in [9.17, 15) is 17.6 Å². The number of amides is 1. The lowest BCUT2D eigenvalue weighted by molar-refractivity contribution is 0.0728. The van der Waals surface area contributed by atoms with Gasteiger partial charge in [0.2, 0.25) is 0 Å². The van der Waals surface area contributed by atoms with Gasteiger partial charge in [0.15, 0.2) is 0 Å². The summed E-state index contributed by atoms with van der Waals surface area (Å²) >= 11 is 0. The number of rotatable bonds is 3. The Morgan fingerprint density at radius 2 is 2.11 bits per heavy atom. The highest BCUT2D eigenvalue weighted by Crippen LogP contribution is 2.24. The number of fused-ring (bicyclic) bond motifs is 1. The summed E-state index contributed by atoms with van der Waals surface area (Å²) in [6.07, 6.45) is 0.587. The number of hydrogen-bond acceptors (Lipinski definition) is 3. The monoisotopic (exact) mass is 291 g/mol. The number of carbonyl (C=O) groups excluding carboxylic acids is 1. The Morgan fingerprint density at radius 1 is 1.39 bits per heavy atom. The molecule has 0 aromatic heterocycles. The van der Waals surface area contributed by atoms with Gasteiger partial charge < -0.3 is 4.90 Å². The summed E-state index contributed by atoms with van der Waals surface area (Å²) in [7, 11) is 1.37.